The number of halogens is 2. The fraction of sp³-hybridized carbons (Fsp3) is 0.182. The molecule has 2 heterocycles. The van der Waals surface area contributed by atoms with Gasteiger partial charge in [-0.3, -0.25) is 4.79 Å². The van der Waals surface area contributed by atoms with Crippen LogP contribution in [-0.2, 0) is 11.2 Å². The normalized spacial score (nSPS) is 12.5. The number of hydrazone groups is 1. The van der Waals surface area contributed by atoms with Gasteiger partial charge in [0, 0.05) is 22.6 Å². The smallest absolute Gasteiger partial charge is 0.244 e. The molecule has 30 heavy (non-hydrogen) atoms. The second-order valence-electron chi connectivity index (χ2n) is 6.92. The Hall–Kier alpha value is -2.96. The highest BCUT2D eigenvalue weighted by molar-refractivity contribution is 6.42. The van der Waals surface area contributed by atoms with Gasteiger partial charge in [-0.25, -0.2) is 5.43 Å². The minimum absolute atomic E-state index is 0.191. The van der Waals surface area contributed by atoms with Gasteiger partial charge < -0.3 is 14.0 Å². The zero-order valence-electron chi connectivity index (χ0n) is 16.4. The fourth-order valence-electron chi connectivity index (χ4n) is 3.39. The van der Waals surface area contributed by atoms with Crippen LogP contribution in [0, 0.1) is 13.8 Å². The van der Waals surface area contributed by atoms with Crippen molar-refractivity contribution in [1.29, 1.82) is 0 Å². The Morgan fingerprint density at radius 3 is 2.70 bits per heavy atom. The summed E-state index contributed by atoms with van der Waals surface area (Å²) in [6.45, 7) is 4.17. The number of nitrogens with zero attached hydrogens (tertiary/aromatic N) is 2. The van der Waals surface area contributed by atoms with E-state index in [0.717, 1.165) is 28.2 Å². The average Bonchev–Trinajstić information content (AvgIpc) is 3.28. The third-order valence-electron chi connectivity index (χ3n) is 4.83. The van der Waals surface area contributed by atoms with Crippen LogP contribution < -0.4 is 14.9 Å². The molecule has 8 heteroatoms. The van der Waals surface area contributed by atoms with E-state index < -0.39 is 0 Å². The van der Waals surface area contributed by atoms with Crippen molar-refractivity contribution in [2.45, 2.75) is 20.3 Å². The summed E-state index contributed by atoms with van der Waals surface area (Å²) in [5.41, 5.74) is 7.18. The van der Waals surface area contributed by atoms with E-state index in [1.165, 1.54) is 0 Å². The number of ether oxygens (including phenoxy) is 2. The summed E-state index contributed by atoms with van der Waals surface area (Å²) >= 11 is 12.2. The van der Waals surface area contributed by atoms with E-state index in [-0.39, 0.29) is 19.1 Å². The molecule has 0 spiro atoms. The Kier molecular flexibility index (Phi) is 5.70. The zero-order chi connectivity index (χ0) is 21.3. The lowest BCUT2D eigenvalue weighted by Gasteiger charge is -2.10. The first-order chi connectivity index (χ1) is 14.4. The van der Waals surface area contributed by atoms with Crippen LogP contribution in [0.4, 0.5) is 0 Å². The highest BCUT2D eigenvalue weighted by Gasteiger charge is 2.14. The molecule has 0 aliphatic carbocycles. The number of hydrogen-bond donors (Lipinski definition) is 1. The number of amides is 1. The molecular weight excluding hydrogens is 425 g/mol. The van der Waals surface area contributed by atoms with Crippen LogP contribution in [0.15, 0.2) is 47.6 Å². The van der Waals surface area contributed by atoms with Gasteiger partial charge in [0.05, 0.1) is 22.7 Å². The number of rotatable bonds is 5. The maximum absolute atomic E-state index is 12.2. The van der Waals surface area contributed by atoms with Crippen molar-refractivity contribution in [3.8, 4) is 17.2 Å². The molecule has 3 aromatic rings. The first-order valence-electron chi connectivity index (χ1n) is 9.27. The molecule has 1 aliphatic heterocycles. The SMILES string of the molecule is Cc1cc(/C=N\NC(=O)Cc2ccc3c(c2)OCO3)c(C)n1-c1ccc(Cl)c(Cl)c1. The molecule has 0 atom stereocenters. The predicted molar refractivity (Wildman–Crippen MR) is 117 cm³/mol. The topological polar surface area (TPSA) is 64.8 Å². The lowest BCUT2D eigenvalue weighted by Crippen LogP contribution is -2.19. The number of carbonyl (C=O) groups excluding carboxylic acids is 1. The molecule has 1 aliphatic rings. The number of aromatic nitrogens is 1. The summed E-state index contributed by atoms with van der Waals surface area (Å²) < 4.78 is 12.7. The van der Waals surface area contributed by atoms with Gasteiger partial charge in [-0.2, -0.15) is 5.10 Å². The summed E-state index contributed by atoms with van der Waals surface area (Å²) in [6.07, 6.45) is 1.82. The summed E-state index contributed by atoms with van der Waals surface area (Å²) in [5, 5.41) is 5.11. The van der Waals surface area contributed by atoms with Crippen LogP contribution in [0.25, 0.3) is 5.69 Å². The lowest BCUT2D eigenvalue weighted by molar-refractivity contribution is -0.120. The fourth-order valence-corrected chi connectivity index (χ4v) is 3.68. The van der Waals surface area contributed by atoms with Crippen LogP contribution in [0.3, 0.4) is 0 Å². The number of nitrogens with one attached hydrogen (secondary N) is 1. The van der Waals surface area contributed by atoms with Crippen molar-refractivity contribution in [2.24, 2.45) is 5.10 Å². The van der Waals surface area contributed by atoms with Crippen molar-refractivity contribution in [1.82, 2.24) is 9.99 Å². The molecule has 0 bridgehead atoms. The van der Waals surface area contributed by atoms with Crippen molar-refractivity contribution in [3.05, 3.63) is 75.0 Å². The quantitative estimate of drug-likeness (QED) is 0.453. The molecule has 154 valence electrons. The Bertz CT molecular complexity index is 1150. The van der Waals surface area contributed by atoms with E-state index >= 15 is 0 Å². The minimum Gasteiger partial charge on any atom is -0.454 e. The number of aryl methyl sites for hydroxylation is 1. The maximum Gasteiger partial charge on any atom is 0.244 e. The Morgan fingerprint density at radius 1 is 1.10 bits per heavy atom. The molecule has 1 N–H and O–H groups in total. The van der Waals surface area contributed by atoms with Crippen LogP contribution in [-0.4, -0.2) is 23.5 Å². The van der Waals surface area contributed by atoms with Crippen LogP contribution >= 0.6 is 23.2 Å². The zero-order valence-corrected chi connectivity index (χ0v) is 17.9. The van der Waals surface area contributed by atoms with E-state index in [1.54, 1.807) is 24.4 Å². The van der Waals surface area contributed by atoms with E-state index in [9.17, 15) is 4.79 Å². The minimum atomic E-state index is -0.219. The first kappa shape index (κ1) is 20.3. The molecule has 1 amide bonds. The predicted octanol–water partition coefficient (Wildman–Crippen LogP) is 4.82. The van der Waals surface area contributed by atoms with Gasteiger partial charge in [0.2, 0.25) is 12.7 Å². The second kappa shape index (κ2) is 8.42. The second-order valence-corrected chi connectivity index (χ2v) is 7.73. The Balaban J connectivity index is 1.44. The molecule has 4 rings (SSSR count). The van der Waals surface area contributed by atoms with E-state index in [0.29, 0.717) is 21.5 Å². The van der Waals surface area contributed by atoms with Crippen molar-refractivity contribution >= 4 is 35.3 Å². The van der Waals surface area contributed by atoms with Crippen molar-refractivity contribution in [2.75, 3.05) is 6.79 Å². The highest BCUT2D eigenvalue weighted by Crippen LogP contribution is 2.32. The monoisotopic (exact) mass is 443 g/mol. The number of fused-ring (bicyclic) bond motifs is 1. The molecule has 2 aromatic carbocycles. The molecule has 0 saturated carbocycles. The van der Waals surface area contributed by atoms with Crippen LogP contribution in [0.2, 0.25) is 10.0 Å². The van der Waals surface area contributed by atoms with Crippen molar-refractivity contribution < 1.29 is 14.3 Å². The van der Waals surface area contributed by atoms with Gasteiger partial charge in [0.1, 0.15) is 0 Å². The molecule has 0 unspecified atom stereocenters. The summed E-state index contributed by atoms with van der Waals surface area (Å²) in [4.78, 5) is 12.2. The van der Waals surface area contributed by atoms with Gasteiger partial charge in [0.25, 0.3) is 0 Å². The van der Waals surface area contributed by atoms with E-state index in [4.69, 9.17) is 32.7 Å². The maximum atomic E-state index is 12.2. The summed E-state index contributed by atoms with van der Waals surface area (Å²) in [5.74, 6) is 1.12. The third-order valence-corrected chi connectivity index (χ3v) is 5.57. The lowest BCUT2D eigenvalue weighted by atomic mass is 10.1. The van der Waals surface area contributed by atoms with Crippen molar-refractivity contribution in [3.63, 3.8) is 0 Å². The van der Waals surface area contributed by atoms with Gasteiger partial charge in [-0.15, -0.1) is 0 Å². The molecule has 0 fully saturated rings. The largest absolute Gasteiger partial charge is 0.454 e. The highest BCUT2D eigenvalue weighted by atomic mass is 35.5. The molecule has 0 radical (unpaired) electrons. The van der Waals surface area contributed by atoms with E-state index in [2.05, 4.69) is 15.1 Å². The first-order valence-corrected chi connectivity index (χ1v) is 10.0. The van der Waals surface area contributed by atoms with Gasteiger partial charge in [-0.1, -0.05) is 29.3 Å². The molecule has 0 saturated heterocycles. The Morgan fingerprint density at radius 2 is 1.90 bits per heavy atom. The molecular formula is C22H19Cl2N3O3. The number of hydrogen-bond acceptors (Lipinski definition) is 4. The van der Waals surface area contributed by atoms with Crippen LogP contribution in [0.1, 0.15) is 22.5 Å². The van der Waals surface area contributed by atoms with E-state index in [1.807, 2.05) is 38.1 Å². The molecule has 1 aromatic heterocycles. The molecule has 6 nitrogen and oxygen atoms in total. The number of benzene rings is 2. The van der Waals surface area contributed by atoms with Gasteiger partial charge in [-0.05, 0) is 55.8 Å². The standard InChI is InChI=1S/C22H19Cl2N3O3/c1-13-7-16(14(2)27(13)17-4-5-18(23)19(24)10-17)11-25-26-22(28)9-15-3-6-20-21(8-15)30-12-29-20/h3-8,10-11H,9,12H2,1-2H3,(H,26,28)/b25-11-. The summed E-state index contributed by atoms with van der Waals surface area (Å²) in [7, 11) is 0. The van der Waals surface area contributed by atoms with Gasteiger partial charge in [0.15, 0.2) is 11.5 Å². The third kappa shape index (κ3) is 4.15. The summed E-state index contributed by atoms with van der Waals surface area (Å²) in [6, 6.07) is 12.9. The van der Waals surface area contributed by atoms with Gasteiger partial charge >= 0.3 is 0 Å². The number of carbonyl (C=O) groups is 1. The Labute approximate surface area is 184 Å². The van der Waals surface area contributed by atoms with Crippen LogP contribution in [0.5, 0.6) is 11.5 Å². The average molecular weight is 444 g/mol.